The summed E-state index contributed by atoms with van der Waals surface area (Å²) in [6.07, 6.45) is 6.02. The van der Waals surface area contributed by atoms with Crippen LogP contribution < -0.4 is 5.32 Å². The van der Waals surface area contributed by atoms with E-state index in [1.165, 1.54) is 25.7 Å². The summed E-state index contributed by atoms with van der Waals surface area (Å²) in [6.45, 7) is 3.00. The first-order valence-corrected chi connectivity index (χ1v) is 7.28. The van der Waals surface area contributed by atoms with Crippen LogP contribution in [0.25, 0.3) is 0 Å². The molecule has 0 spiro atoms. The highest BCUT2D eigenvalue weighted by Gasteiger charge is 2.44. The smallest absolute Gasteiger partial charge is 0.243 e. The summed E-state index contributed by atoms with van der Waals surface area (Å²) in [4.78, 5) is 25.7. The van der Waals surface area contributed by atoms with Gasteiger partial charge in [0.05, 0.1) is 6.54 Å². The van der Waals surface area contributed by atoms with Gasteiger partial charge in [-0.3, -0.25) is 9.59 Å². The van der Waals surface area contributed by atoms with Crippen LogP contribution in [0.5, 0.6) is 0 Å². The Hall–Kier alpha value is -1.06. The Balaban J connectivity index is 1.70. The summed E-state index contributed by atoms with van der Waals surface area (Å²) in [5, 5.41) is 2.70. The monoisotopic (exact) mass is 250 g/mol. The van der Waals surface area contributed by atoms with Crippen LogP contribution in [0.1, 0.15) is 39.0 Å². The summed E-state index contributed by atoms with van der Waals surface area (Å²) in [5.74, 6) is 2.45. The molecule has 100 valence electrons. The SMILES string of the molecule is CCC1C(=O)NCC(=O)N1CC(C1CC1)C1CC1. The molecule has 18 heavy (non-hydrogen) atoms. The van der Waals surface area contributed by atoms with Gasteiger partial charge in [-0.25, -0.2) is 0 Å². The average Bonchev–Trinajstić information content (AvgIpc) is 3.22. The van der Waals surface area contributed by atoms with Crippen LogP contribution in [0.15, 0.2) is 0 Å². The summed E-state index contributed by atoms with van der Waals surface area (Å²) in [7, 11) is 0. The molecule has 4 heteroatoms. The van der Waals surface area contributed by atoms with E-state index in [0.29, 0.717) is 5.92 Å². The Morgan fingerprint density at radius 2 is 1.83 bits per heavy atom. The minimum Gasteiger partial charge on any atom is -0.345 e. The topological polar surface area (TPSA) is 49.4 Å². The van der Waals surface area contributed by atoms with Crippen molar-refractivity contribution in [2.75, 3.05) is 13.1 Å². The lowest BCUT2D eigenvalue weighted by Crippen LogP contribution is -2.59. The van der Waals surface area contributed by atoms with Crippen molar-refractivity contribution in [3.8, 4) is 0 Å². The molecule has 2 aliphatic carbocycles. The fourth-order valence-electron chi connectivity index (χ4n) is 3.29. The van der Waals surface area contributed by atoms with Gasteiger partial charge in [0.15, 0.2) is 0 Å². The molecule has 0 bridgehead atoms. The van der Waals surface area contributed by atoms with E-state index in [9.17, 15) is 9.59 Å². The van der Waals surface area contributed by atoms with Gasteiger partial charge in [-0.1, -0.05) is 6.92 Å². The predicted octanol–water partition coefficient (Wildman–Crippen LogP) is 1.16. The second kappa shape index (κ2) is 4.56. The van der Waals surface area contributed by atoms with Crippen LogP contribution in [-0.2, 0) is 9.59 Å². The van der Waals surface area contributed by atoms with E-state index in [-0.39, 0.29) is 24.4 Å². The second-order valence-corrected chi connectivity index (χ2v) is 6.03. The van der Waals surface area contributed by atoms with Crippen molar-refractivity contribution in [2.24, 2.45) is 17.8 Å². The Kier molecular flexibility index (Phi) is 3.04. The van der Waals surface area contributed by atoms with Crippen molar-refractivity contribution < 1.29 is 9.59 Å². The number of hydrogen-bond acceptors (Lipinski definition) is 2. The zero-order valence-corrected chi connectivity index (χ0v) is 11.0. The molecule has 1 aliphatic heterocycles. The van der Waals surface area contributed by atoms with Gasteiger partial charge >= 0.3 is 0 Å². The van der Waals surface area contributed by atoms with Gasteiger partial charge in [0.1, 0.15) is 6.04 Å². The van der Waals surface area contributed by atoms with Crippen LogP contribution in [0.3, 0.4) is 0 Å². The Morgan fingerprint density at radius 3 is 2.33 bits per heavy atom. The minimum atomic E-state index is -0.230. The van der Waals surface area contributed by atoms with E-state index in [0.717, 1.165) is 24.8 Å². The Morgan fingerprint density at radius 1 is 1.22 bits per heavy atom. The second-order valence-electron chi connectivity index (χ2n) is 6.03. The van der Waals surface area contributed by atoms with E-state index < -0.39 is 0 Å². The van der Waals surface area contributed by atoms with Gasteiger partial charge < -0.3 is 10.2 Å². The van der Waals surface area contributed by atoms with E-state index in [2.05, 4.69) is 5.32 Å². The number of rotatable bonds is 5. The number of carbonyl (C=O) groups excluding carboxylic acids is 2. The first-order chi connectivity index (χ1) is 8.70. The molecule has 3 aliphatic rings. The van der Waals surface area contributed by atoms with Crippen LogP contribution in [0, 0.1) is 17.8 Å². The number of carbonyl (C=O) groups is 2. The average molecular weight is 250 g/mol. The largest absolute Gasteiger partial charge is 0.345 e. The molecule has 1 heterocycles. The molecular formula is C14H22N2O2. The van der Waals surface area contributed by atoms with E-state index in [1.807, 2.05) is 11.8 Å². The number of nitrogens with one attached hydrogen (secondary N) is 1. The minimum absolute atomic E-state index is 0.0300. The molecule has 1 atom stereocenters. The number of nitrogens with zero attached hydrogens (tertiary/aromatic N) is 1. The molecule has 1 saturated heterocycles. The van der Waals surface area contributed by atoms with E-state index in [4.69, 9.17) is 0 Å². The zero-order chi connectivity index (χ0) is 12.7. The van der Waals surface area contributed by atoms with Gasteiger partial charge in [-0.05, 0) is 49.9 Å². The van der Waals surface area contributed by atoms with Crippen LogP contribution in [0.2, 0.25) is 0 Å². The fourth-order valence-corrected chi connectivity index (χ4v) is 3.29. The van der Waals surface area contributed by atoms with Crippen molar-refractivity contribution >= 4 is 11.8 Å². The third-order valence-corrected chi connectivity index (χ3v) is 4.66. The molecule has 0 radical (unpaired) electrons. The van der Waals surface area contributed by atoms with Crippen molar-refractivity contribution in [3.05, 3.63) is 0 Å². The maximum Gasteiger partial charge on any atom is 0.243 e. The maximum atomic E-state index is 12.0. The summed E-state index contributed by atoms with van der Waals surface area (Å²) in [6, 6.07) is -0.230. The lowest BCUT2D eigenvalue weighted by Gasteiger charge is -2.37. The quantitative estimate of drug-likeness (QED) is 0.796. The first kappa shape index (κ1) is 12.0. The van der Waals surface area contributed by atoms with Gasteiger partial charge in [-0.2, -0.15) is 0 Å². The summed E-state index contributed by atoms with van der Waals surface area (Å²) in [5.41, 5.74) is 0. The van der Waals surface area contributed by atoms with Crippen molar-refractivity contribution in [1.29, 1.82) is 0 Å². The highest BCUT2D eigenvalue weighted by molar-refractivity contribution is 5.94. The molecule has 1 unspecified atom stereocenters. The molecule has 3 fully saturated rings. The number of amides is 2. The normalized spacial score (nSPS) is 28.8. The van der Waals surface area contributed by atoms with E-state index >= 15 is 0 Å². The lowest BCUT2D eigenvalue weighted by molar-refractivity contribution is -0.146. The van der Waals surface area contributed by atoms with Crippen LogP contribution >= 0.6 is 0 Å². The fraction of sp³-hybridized carbons (Fsp3) is 0.857. The molecule has 0 aromatic heterocycles. The zero-order valence-electron chi connectivity index (χ0n) is 11.0. The highest BCUT2D eigenvalue weighted by Crippen LogP contribution is 2.49. The van der Waals surface area contributed by atoms with Gasteiger partial charge in [-0.15, -0.1) is 0 Å². The molecule has 3 rings (SSSR count). The van der Waals surface area contributed by atoms with Crippen molar-refractivity contribution in [3.63, 3.8) is 0 Å². The first-order valence-electron chi connectivity index (χ1n) is 7.28. The number of piperazine rings is 1. The molecular weight excluding hydrogens is 228 g/mol. The van der Waals surface area contributed by atoms with Crippen LogP contribution in [0.4, 0.5) is 0 Å². The molecule has 0 aromatic carbocycles. The summed E-state index contributed by atoms with van der Waals surface area (Å²) >= 11 is 0. The van der Waals surface area contributed by atoms with Crippen molar-refractivity contribution in [2.45, 2.75) is 45.1 Å². The maximum absolute atomic E-state index is 12.0. The van der Waals surface area contributed by atoms with Gasteiger partial charge in [0.25, 0.3) is 0 Å². The van der Waals surface area contributed by atoms with Crippen LogP contribution in [-0.4, -0.2) is 35.8 Å². The third kappa shape index (κ3) is 2.25. The third-order valence-electron chi connectivity index (χ3n) is 4.66. The molecule has 2 saturated carbocycles. The van der Waals surface area contributed by atoms with Gasteiger partial charge in [0.2, 0.25) is 11.8 Å². The molecule has 0 aromatic rings. The van der Waals surface area contributed by atoms with E-state index in [1.54, 1.807) is 0 Å². The predicted molar refractivity (Wildman–Crippen MR) is 67.7 cm³/mol. The Labute approximate surface area is 108 Å². The highest BCUT2D eigenvalue weighted by atomic mass is 16.2. The van der Waals surface area contributed by atoms with Gasteiger partial charge in [0, 0.05) is 6.54 Å². The molecule has 2 amide bonds. The number of hydrogen-bond donors (Lipinski definition) is 1. The standard InChI is InChI=1S/C14H22N2O2/c1-2-12-14(18)15-7-13(17)16(12)8-11(9-3-4-9)10-5-6-10/h9-12H,2-8H2,1H3,(H,15,18). The summed E-state index contributed by atoms with van der Waals surface area (Å²) < 4.78 is 0. The van der Waals surface area contributed by atoms with Crippen molar-refractivity contribution in [1.82, 2.24) is 10.2 Å². The Bertz CT molecular complexity index is 349. The molecule has 1 N–H and O–H groups in total. The molecule has 4 nitrogen and oxygen atoms in total. The lowest BCUT2D eigenvalue weighted by atomic mass is 9.95.